The van der Waals surface area contributed by atoms with Crippen molar-refractivity contribution in [2.75, 3.05) is 0 Å². The summed E-state index contributed by atoms with van der Waals surface area (Å²) >= 11 is 0. The number of allylic oxidation sites excluding steroid dienone is 2. The van der Waals surface area contributed by atoms with Gasteiger partial charge in [0.1, 0.15) is 6.29 Å². The van der Waals surface area contributed by atoms with E-state index in [1.165, 1.54) is 12.1 Å². The molecule has 106 valence electrons. The maximum atomic E-state index is 12.7. The number of halogens is 3. The second kappa shape index (κ2) is 5.23. The molecule has 0 radical (unpaired) electrons. The highest BCUT2D eigenvalue weighted by Crippen LogP contribution is 2.38. The second-order valence-corrected chi connectivity index (χ2v) is 5.01. The Morgan fingerprint density at radius 2 is 2.00 bits per heavy atom. The van der Waals surface area contributed by atoms with E-state index in [1.807, 2.05) is 0 Å². The third-order valence-electron chi connectivity index (χ3n) is 3.49. The first-order valence-corrected chi connectivity index (χ1v) is 6.19. The first-order valence-electron chi connectivity index (χ1n) is 6.19. The molecule has 0 saturated heterocycles. The summed E-state index contributed by atoms with van der Waals surface area (Å²) in [7, 11) is 0. The first-order chi connectivity index (χ1) is 9.32. The first kappa shape index (κ1) is 14.5. The molecule has 20 heavy (non-hydrogen) atoms. The lowest BCUT2D eigenvalue weighted by molar-refractivity contribution is -0.137. The van der Waals surface area contributed by atoms with E-state index in [-0.39, 0.29) is 23.7 Å². The molecule has 0 aliphatic heterocycles. The normalized spacial score (nSPS) is 23.4. The van der Waals surface area contributed by atoms with Crippen LogP contribution in [0.5, 0.6) is 0 Å². The topological polar surface area (TPSA) is 34.1 Å². The fourth-order valence-electron chi connectivity index (χ4n) is 2.64. The zero-order chi connectivity index (χ0) is 14.9. The van der Waals surface area contributed by atoms with Gasteiger partial charge in [0.15, 0.2) is 5.78 Å². The number of aldehydes is 1. The van der Waals surface area contributed by atoms with Gasteiger partial charge < -0.3 is 0 Å². The number of benzene rings is 1. The molecule has 2 unspecified atom stereocenters. The van der Waals surface area contributed by atoms with E-state index >= 15 is 0 Å². The van der Waals surface area contributed by atoms with Crippen LogP contribution in [0.1, 0.15) is 30.4 Å². The molecule has 0 aromatic heterocycles. The zero-order valence-corrected chi connectivity index (χ0v) is 10.8. The van der Waals surface area contributed by atoms with Gasteiger partial charge in [-0.15, -0.1) is 0 Å². The summed E-state index contributed by atoms with van der Waals surface area (Å²) in [6.07, 6.45) is -2.40. The predicted octanol–water partition coefficient (Wildman–Crippen LogP) is 3.52. The Morgan fingerprint density at radius 1 is 1.30 bits per heavy atom. The van der Waals surface area contributed by atoms with E-state index in [1.54, 1.807) is 13.0 Å². The van der Waals surface area contributed by atoms with Gasteiger partial charge in [-0.3, -0.25) is 9.59 Å². The van der Waals surface area contributed by atoms with Gasteiger partial charge in [0, 0.05) is 17.9 Å². The molecular formula is C15H13F3O2. The molecule has 5 heteroatoms. The minimum Gasteiger partial charge on any atom is -0.298 e. The number of alkyl halides is 3. The summed E-state index contributed by atoms with van der Waals surface area (Å²) < 4.78 is 38.2. The molecule has 2 atom stereocenters. The summed E-state index contributed by atoms with van der Waals surface area (Å²) in [5.74, 6) is -0.827. The third kappa shape index (κ3) is 2.81. The Morgan fingerprint density at radius 3 is 2.60 bits per heavy atom. The molecule has 0 amide bonds. The molecule has 0 saturated carbocycles. The zero-order valence-electron chi connectivity index (χ0n) is 10.8. The minimum absolute atomic E-state index is 0.164. The molecule has 1 aliphatic carbocycles. The van der Waals surface area contributed by atoms with Crippen LogP contribution in [0, 0.1) is 5.92 Å². The molecular weight excluding hydrogens is 269 g/mol. The molecule has 1 aromatic rings. The molecule has 2 nitrogen and oxygen atoms in total. The van der Waals surface area contributed by atoms with Crippen molar-refractivity contribution in [3.63, 3.8) is 0 Å². The van der Waals surface area contributed by atoms with Crippen molar-refractivity contribution < 1.29 is 22.8 Å². The van der Waals surface area contributed by atoms with Crippen LogP contribution in [0.4, 0.5) is 13.2 Å². The van der Waals surface area contributed by atoms with Gasteiger partial charge in [-0.2, -0.15) is 13.2 Å². The largest absolute Gasteiger partial charge is 0.416 e. The summed E-state index contributed by atoms with van der Waals surface area (Å²) in [6, 6.07) is 4.92. The molecule has 1 aromatic carbocycles. The average molecular weight is 282 g/mol. The lowest BCUT2D eigenvalue weighted by Gasteiger charge is -2.28. The van der Waals surface area contributed by atoms with Crippen molar-refractivity contribution in [3.8, 4) is 0 Å². The van der Waals surface area contributed by atoms with Gasteiger partial charge in [0.2, 0.25) is 0 Å². The Kier molecular flexibility index (Phi) is 3.79. The lowest BCUT2D eigenvalue weighted by Crippen LogP contribution is -2.22. The average Bonchev–Trinajstić information content (AvgIpc) is 2.36. The highest BCUT2D eigenvalue weighted by atomic mass is 19.4. The van der Waals surface area contributed by atoms with E-state index in [0.29, 0.717) is 11.8 Å². The highest BCUT2D eigenvalue weighted by molar-refractivity contribution is 5.97. The molecule has 0 heterocycles. The van der Waals surface area contributed by atoms with Crippen molar-refractivity contribution in [3.05, 3.63) is 47.0 Å². The number of ketones is 1. The smallest absolute Gasteiger partial charge is 0.298 e. The van der Waals surface area contributed by atoms with Crippen LogP contribution in [0.15, 0.2) is 35.9 Å². The number of carbonyl (C=O) groups is 2. The number of hydrogen-bond acceptors (Lipinski definition) is 2. The summed E-state index contributed by atoms with van der Waals surface area (Å²) in [5.41, 5.74) is -0.0874. The van der Waals surface area contributed by atoms with E-state index < -0.39 is 17.7 Å². The SMILES string of the molecule is CC1CC(=O)C=C(C=O)C1c1cccc(C(F)(F)F)c1. The van der Waals surface area contributed by atoms with E-state index in [2.05, 4.69) is 0 Å². The van der Waals surface area contributed by atoms with Crippen molar-refractivity contribution in [1.29, 1.82) is 0 Å². The summed E-state index contributed by atoms with van der Waals surface area (Å²) in [6.45, 7) is 1.76. The third-order valence-corrected chi connectivity index (χ3v) is 3.49. The summed E-state index contributed by atoms with van der Waals surface area (Å²) in [4.78, 5) is 22.5. The van der Waals surface area contributed by atoms with Crippen LogP contribution in [-0.2, 0) is 15.8 Å². The predicted molar refractivity (Wildman–Crippen MR) is 67.1 cm³/mol. The van der Waals surface area contributed by atoms with Crippen LogP contribution >= 0.6 is 0 Å². The second-order valence-electron chi connectivity index (χ2n) is 5.01. The van der Waals surface area contributed by atoms with Gasteiger partial charge in [-0.1, -0.05) is 25.1 Å². The Balaban J connectivity index is 2.47. The molecule has 0 spiro atoms. The highest BCUT2D eigenvalue weighted by Gasteiger charge is 2.33. The van der Waals surface area contributed by atoms with Gasteiger partial charge in [-0.25, -0.2) is 0 Å². The van der Waals surface area contributed by atoms with Crippen molar-refractivity contribution in [2.24, 2.45) is 5.92 Å². The van der Waals surface area contributed by atoms with Crippen LogP contribution in [0.3, 0.4) is 0 Å². The Hall–Kier alpha value is -1.91. The fraction of sp³-hybridized carbons (Fsp3) is 0.333. The Labute approximate surface area is 114 Å². The summed E-state index contributed by atoms with van der Waals surface area (Å²) in [5, 5.41) is 0. The fourth-order valence-corrected chi connectivity index (χ4v) is 2.64. The number of hydrogen-bond donors (Lipinski definition) is 0. The number of carbonyl (C=O) groups excluding carboxylic acids is 2. The van der Waals surface area contributed by atoms with Crippen LogP contribution in [0.25, 0.3) is 0 Å². The van der Waals surface area contributed by atoms with Crippen molar-refractivity contribution in [2.45, 2.75) is 25.4 Å². The van der Waals surface area contributed by atoms with Crippen LogP contribution < -0.4 is 0 Å². The molecule has 0 N–H and O–H groups in total. The van der Waals surface area contributed by atoms with Crippen LogP contribution in [-0.4, -0.2) is 12.1 Å². The van der Waals surface area contributed by atoms with E-state index in [9.17, 15) is 22.8 Å². The molecule has 0 bridgehead atoms. The van der Waals surface area contributed by atoms with Gasteiger partial charge >= 0.3 is 6.18 Å². The standard InChI is InChI=1S/C15H13F3O2/c1-9-5-13(20)7-11(8-19)14(9)10-3-2-4-12(6-10)15(16,17)18/h2-4,6-9,14H,5H2,1H3. The maximum absolute atomic E-state index is 12.7. The van der Waals surface area contributed by atoms with E-state index in [0.717, 1.165) is 12.1 Å². The maximum Gasteiger partial charge on any atom is 0.416 e. The molecule has 2 rings (SSSR count). The Bertz CT molecular complexity index is 573. The quantitative estimate of drug-likeness (QED) is 0.778. The van der Waals surface area contributed by atoms with Crippen molar-refractivity contribution in [1.82, 2.24) is 0 Å². The molecule has 1 aliphatic rings. The van der Waals surface area contributed by atoms with Gasteiger partial charge in [0.05, 0.1) is 5.56 Å². The number of rotatable bonds is 2. The van der Waals surface area contributed by atoms with Crippen LogP contribution in [0.2, 0.25) is 0 Å². The monoisotopic (exact) mass is 282 g/mol. The minimum atomic E-state index is -4.42. The lowest BCUT2D eigenvalue weighted by atomic mass is 9.75. The van der Waals surface area contributed by atoms with Gasteiger partial charge in [0.25, 0.3) is 0 Å². The molecule has 0 fully saturated rings. The van der Waals surface area contributed by atoms with Crippen molar-refractivity contribution >= 4 is 12.1 Å². The van der Waals surface area contributed by atoms with E-state index in [4.69, 9.17) is 0 Å². The van der Waals surface area contributed by atoms with Gasteiger partial charge in [-0.05, 0) is 23.6 Å².